The summed E-state index contributed by atoms with van der Waals surface area (Å²) in [6, 6.07) is 13.4. The maximum absolute atomic E-state index is 11.9. The second-order valence-corrected chi connectivity index (χ2v) is 5.11. The summed E-state index contributed by atoms with van der Waals surface area (Å²) in [5, 5.41) is 5.66. The fourth-order valence-corrected chi connectivity index (χ4v) is 2.05. The number of anilines is 2. The first kappa shape index (κ1) is 17.2. The number of nitrogens with one attached hydrogen (secondary N) is 2. The zero-order chi connectivity index (χ0) is 17.5. The van der Waals surface area contributed by atoms with Gasteiger partial charge in [-0.2, -0.15) is 0 Å². The third-order valence-corrected chi connectivity index (χ3v) is 3.31. The molecule has 2 N–H and O–H groups in total. The van der Waals surface area contributed by atoms with Crippen molar-refractivity contribution < 1.29 is 19.1 Å². The Labute approximate surface area is 139 Å². The SMILES string of the molecule is COC(=O)c1cccc(NCC(=O)Nc2ccc(C(C)=O)cc2)c1. The van der Waals surface area contributed by atoms with Gasteiger partial charge in [0, 0.05) is 16.9 Å². The van der Waals surface area contributed by atoms with Gasteiger partial charge in [-0.1, -0.05) is 6.07 Å². The van der Waals surface area contributed by atoms with E-state index in [-0.39, 0.29) is 18.2 Å². The van der Waals surface area contributed by atoms with E-state index in [1.165, 1.54) is 14.0 Å². The van der Waals surface area contributed by atoms with E-state index in [4.69, 9.17) is 0 Å². The summed E-state index contributed by atoms with van der Waals surface area (Å²) in [6.07, 6.45) is 0. The van der Waals surface area contributed by atoms with Crippen LogP contribution in [0.3, 0.4) is 0 Å². The molecule has 0 aliphatic heterocycles. The van der Waals surface area contributed by atoms with Crippen LogP contribution in [0.15, 0.2) is 48.5 Å². The van der Waals surface area contributed by atoms with Gasteiger partial charge in [-0.25, -0.2) is 4.79 Å². The second kappa shape index (κ2) is 7.92. The lowest BCUT2D eigenvalue weighted by Gasteiger charge is -2.09. The number of ketones is 1. The first-order chi connectivity index (χ1) is 11.5. The minimum absolute atomic E-state index is 0.0277. The molecule has 24 heavy (non-hydrogen) atoms. The van der Waals surface area contributed by atoms with Gasteiger partial charge >= 0.3 is 5.97 Å². The van der Waals surface area contributed by atoms with Crippen LogP contribution in [0.5, 0.6) is 0 Å². The standard InChI is InChI=1S/C18H18N2O4/c1-12(21)13-6-8-15(9-7-13)20-17(22)11-19-16-5-3-4-14(10-16)18(23)24-2/h3-10,19H,11H2,1-2H3,(H,20,22). The minimum atomic E-state index is -0.436. The van der Waals surface area contributed by atoms with Gasteiger partial charge in [0.1, 0.15) is 0 Å². The van der Waals surface area contributed by atoms with E-state index >= 15 is 0 Å². The number of methoxy groups -OCH3 is 1. The van der Waals surface area contributed by atoms with Crippen LogP contribution >= 0.6 is 0 Å². The van der Waals surface area contributed by atoms with Crippen LogP contribution in [0, 0.1) is 0 Å². The average Bonchev–Trinajstić information content (AvgIpc) is 2.60. The lowest BCUT2D eigenvalue weighted by Crippen LogP contribution is -2.21. The van der Waals surface area contributed by atoms with Crippen molar-refractivity contribution in [3.63, 3.8) is 0 Å². The van der Waals surface area contributed by atoms with Crippen LogP contribution < -0.4 is 10.6 Å². The van der Waals surface area contributed by atoms with Crippen LogP contribution in [0.2, 0.25) is 0 Å². The molecule has 6 heteroatoms. The highest BCUT2D eigenvalue weighted by atomic mass is 16.5. The van der Waals surface area contributed by atoms with E-state index < -0.39 is 5.97 Å². The molecule has 6 nitrogen and oxygen atoms in total. The predicted molar refractivity (Wildman–Crippen MR) is 91.3 cm³/mol. The Balaban J connectivity index is 1.91. The van der Waals surface area contributed by atoms with Crippen LogP contribution in [0.25, 0.3) is 0 Å². The Morgan fingerprint density at radius 1 is 0.958 bits per heavy atom. The number of benzene rings is 2. The van der Waals surface area contributed by atoms with Crippen molar-refractivity contribution in [1.82, 2.24) is 0 Å². The maximum atomic E-state index is 11.9. The number of hydrogen-bond acceptors (Lipinski definition) is 5. The summed E-state index contributed by atoms with van der Waals surface area (Å²) in [7, 11) is 1.31. The fourth-order valence-electron chi connectivity index (χ4n) is 2.05. The van der Waals surface area contributed by atoms with Gasteiger partial charge in [-0.05, 0) is 49.4 Å². The third kappa shape index (κ3) is 4.67. The molecule has 0 saturated carbocycles. The molecule has 0 unspecified atom stereocenters. The van der Waals surface area contributed by atoms with Crippen molar-refractivity contribution in [2.24, 2.45) is 0 Å². The van der Waals surface area contributed by atoms with E-state index in [9.17, 15) is 14.4 Å². The molecule has 0 bridgehead atoms. The van der Waals surface area contributed by atoms with Crippen molar-refractivity contribution in [3.05, 3.63) is 59.7 Å². The van der Waals surface area contributed by atoms with E-state index in [1.807, 2.05) is 0 Å². The third-order valence-electron chi connectivity index (χ3n) is 3.31. The number of carbonyl (C=O) groups is 3. The molecular formula is C18H18N2O4. The number of carbonyl (C=O) groups excluding carboxylic acids is 3. The zero-order valence-electron chi connectivity index (χ0n) is 13.5. The van der Waals surface area contributed by atoms with Crippen molar-refractivity contribution >= 4 is 29.0 Å². The molecule has 0 aliphatic carbocycles. The second-order valence-electron chi connectivity index (χ2n) is 5.11. The Hall–Kier alpha value is -3.15. The smallest absolute Gasteiger partial charge is 0.337 e. The van der Waals surface area contributed by atoms with Crippen LogP contribution in [-0.2, 0) is 9.53 Å². The van der Waals surface area contributed by atoms with E-state index in [1.54, 1.807) is 48.5 Å². The van der Waals surface area contributed by atoms with E-state index in [2.05, 4.69) is 15.4 Å². The zero-order valence-corrected chi connectivity index (χ0v) is 13.5. The van der Waals surface area contributed by atoms with Crippen LogP contribution in [0.4, 0.5) is 11.4 Å². The first-order valence-electron chi connectivity index (χ1n) is 7.32. The lowest BCUT2D eigenvalue weighted by atomic mass is 10.1. The average molecular weight is 326 g/mol. The number of Topliss-reactive ketones (excluding diaryl/α,β-unsaturated/α-hetero) is 1. The Morgan fingerprint density at radius 3 is 2.29 bits per heavy atom. The number of rotatable bonds is 6. The largest absolute Gasteiger partial charge is 0.465 e. The quantitative estimate of drug-likeness (QED) is 0.630. The molecule has 0 radical (unpaired) electrons. The summed E-state index contributed by atoms with van der Waals surface area (Å²) in [4.78, 5) is 34.6. The highest BCUT2D eigenvalue weighted by Gasteiger charge is 2.07. The molecule has 2 rings (SSSR count). The van der Waals surface area contributed by atoms with Gasteiger partial charge in [-0.15, -0.1) is 0 Å². The monoisotopic (exact) mass is 326 g/mol. The normalized spacial score (nSPS) is 9.92. The minimum Gasteiger partial charge on any atom is -0.465 e. The van der Waals surface area contributed by atoms with Gasteiger partial charge in [0.05, 0.1) is 19.2 Å². The molecule has 0 fully saturated rings. The fraction of sp³-hybridized carbons (Fsp3) is 0.167. The van der Waals surface area contributed by atoms with Crippen LogP contribution in [-0.4, -0.2) is 31.3 Å². The Bertz CT molecular complexity index is 754. The number of ether oxygens (including phenoxy) is 1. The lowest BCUT2D eigenvalue weighted by molar-refractivity contribution is -0.114. The molecule has 0 aliphatic rings. The highest BCUT2D eigenvalue weighted by Crippen LogP contribution is 2.12. The molecule has 124 valence electrons. The van der Waals surface area contributed by atoms with Gasteiger partial charge < -0.3 is 15.4 Å². The summed E-state index contributed by atoms with van der Waals surface area (Å²) in [6.45, 7) is 1.53. The number of esters is 1. The van der Waals surface area contributed by atoms with Gasteiger partial charge in [0.15, 0.2) is 5.78 Å². The van der Waals surface area contributed by atoms with Gasteiger partial charge in [-0.3, -0.25) is 9.59 Å². The van der Waals surface area contributed by atoms with E-state index in [0.29, 0.717) is 22.5 Å². The van der Waals surface area contributed by atoms with Crippen molar-refractivity contribution in [2.45, 2.75) is 6.92 Å². The van der Waals surface area contributed by atoms with Crippen LogP contribution in [0.1, 0.15) is 27.6 Å². The summed E-state index contributed by atoms with van der Waals surface area (Å²) < 4.78 is 4.65. The molecule has 0 saturated heterocycles. The predicted octanol–water partition coefficient (Wildman–Crippen LogP) is 2.73. The Morgan fingerprint density at radius 2 is 1.67 bits per heavy atom. The summed E-state index contributed by atoms with van der Waals surface area (Å²) in [5.41, 5.74) is 2.24. The van der Waals surface area contributed by atoms with Crippen molar-refractivity contribution in [1.29, 1.82) is 0 Å². The van der Waals surface area contributed by atoms with Crippen molar-refractivity contribution in [2.75, 3.05) is 24.3 Å². The number of hydrogen-bond donors (Lipinski definition) is 2. The molecule has 1 amide bonds. The summed E-state index contributed by atoms with van der Waals surface area (Å²) >= 11 is 0. The van der Waals surface area contributed by atoms with E-state index in [0.717, 1.165) is 0 Å². The molecule has 2 aromatic carbocycles. The maximum Gasteiger partial charge on any atom is 0.337 e. The van der Waals surface area contributed by atoms with Crippen molar-refractivity contribution in [3.8, 4) is 0 Å². The highest BCUT2D eigenvalue weighted by molar-refractivity contribution is 5.96. The van der Waals surface area contributed by atoms with Gasteiger partial charge in [0.2, 0.25) is 5.91 Å². The molecule has 0 heterocycles. The molecule has 0 atom stereocenters. The Kier molecular flexibility index (Phi) is 5.68. The first-order valence-corrected chi connectivity index (χ1v) is 7.32. The molecule has 0 spiro atoms. The van der Waals surface area contributed by atoms with Gasteiger partial charge in [0.25, 0.3) is 0 Å². The molecule has 0 aromatic heterocycles. The molecular weight excluding hydrogens is 308 g/mol. The number of amides is 1. The topological polar surface area (TPSA) is 84.5 Å². The summed E-state index contributed by atoms with van der Waals surface area (Å²) in [5.74, 6) is -0.706. The molecule has 2 aromatic rings.